The van der Waals surface area contributed by atoms with Gasteiger partial charge in [0.15, 0.2) is 0 Å². The van der Waals surface area contributed by atoms with Crippen LogP contribution < -0.4 is 0 Å². The molecular formula is C56H88O14. The van der Waals surface area contributed by atoms with Crippen LogP contribution in [0.4, 0.5) is 0 Å². The molecule has 10 saturated heterocycles. The molecule has 0 saturated carbocycles. The first-order valence-corrected chi connectivity index (χ1v) is 27.8. The van der Waals surface area contributed by atoms with Gasteiger partial charge in [0.25, 0.3) is 0 Å². The summed E-state index contributed by atoms with van der Waals surface area (Å²) in [4.78, 5) is 0. The van der Waals surface area contributed by atoms with Crippen LogP contribution in [0.25, 0.3) is 0 Å². The Bertz CT molecular complexity index is 1920. The normalized spacial score (nSPS) is 55.4. The van der Waals surface area contributed by atoms with Crippen molar-refractivity contribution in [3.05, 3.63) is 24.8 Å². The van der Waals surface area contributed by atoms with E-state index in [4.69, 9.17) is 52.1 Å². The number of ether oxygens (including phenoxy) is 11. The van der Waals surface area contributed by atoms with Crippen LogP contribution in [-0.4, -0.2) is 165 Å². The fourth-order valence-electron chi connectivity index (χ4n) is 15.5. The molecule has 0 spiro atoms. The fourth-order valence-corrected chi connectivity index (χ4v) is 15.5. The van der Waals surface area contributed by atoms with Gasteiger partial charge in [-0.05, 0) is 118 Å². The fraction of sp³-hybridized carbons (Fsp3) is 0.929. The van der Waals surface area contributed by atoms with Crippen LogP contribution in [0.15, 0.2) is 24.8 Å². The minimum atomic E-state index is -0.961. The predicted octanol–water partition coefficient (Wildman–Crippen LogP) is 7.13. The summed E-state index contributed by atoms with van der Waals surface area (Å²) in [7, 11) is 0. The number of aliphatic hydroxyl groups is 3. The predicted molar refractivity (Wildman–Crippen MR) is 258 cm³/mol. The molecule has 70 heavy (non-hydrogen) atoms. The minimum Gasteiger partial charge on any atom is -0.390 e. The Hall–Kier alpha value is -1.08. The zero-order chi connectivity index (χ0) is 49.2. The van der Waals surface area contributed by atoms with Crippen molar-refractivity contribution < 1.29 is 67.4 Å². The van der Waals surface area contributed by atoms with Crippen LogP contribution in [-0.2, 0) is 52.1 Å². The van der Waals surface area contributed by atoms with Crippen molar-refractivity contribution in [2.24, 2.45) is 11.8 Å². The molecule has 0 aromatic heterocycles. The SMILES string of the molecule is C=CC[C@H](C)C(C)C[C@@H](O)[C@H](O)[C@@H]1CCC2OC3CC4(C)OC5/C=C\CC6OC7CC8OC9CC%10(C)OC(C)(C%11CCCCO%11)C(O)C[C@@H]%10O[C@]9(C)CC[C@]8(C)O[C@]7(C)C[C@@H]6O[C@@H]5C[C@@H]4O[C@@H]3C[C@@H]2O1. The average Bonchev–Trinajstić information content (AvgIpc) is 3.40. The Kier molecular flexibility index (Phi) is 13.8. The van der Waals surface area contributed by atoms with Crippen LogP contribution >= 0.6 is 0 Å². The van der Waals surface area contributed by atoms with E-state index >= 15 is 0 Å². The van der Waals surface area contributed by atoms with Gasteiger partial charge in [0.2, 0.25) is 0 Å². The largest absolute Gasteiger partial charge is 0.390 e. The maximum atomic E-state index is 11.6. The Morgan fingerprint density at radius 1 is 0.600 bits per heavy atom. The first-order chi connectivity index (χ1) is 33.2. The van der Waals surface area contributed by atoms with Crippen molar-refractivity contribution in [3.63, 3.8) is 0 Å². The molecule has 0 amide bonds. The number of allylic oxidation sites excluding steroid dienone is 1. The highest BCUT2D eigenvalue weighted by atomic mass is 16.7. The number of rotatable bonds is 8. The molecule has 10 fully saturated rings. The number of fused-ring (bicyclic) bond motifs is 9. The van der Waals surface area contributed by atoms with Gasteiger partial charge in [-0.1, -0.05) is 32.1 Å². The topological polar surface area (TPSA) is 162 Å². The van der Waals surface area contributed by atoms with Crippen molar-refractivity contribution in [1.82, 2.24) is 0 Å². The number of aliphatic hydroxyl groups excluding tert-OH is 3. The van der Waals surface area contributed by atoms with Crippen molar-refractivity contribution in [2.45, 2.75) is 308 Å². The van der Waals surface area contributed by atoms with Crippen molar-refractivity contribution in [2.75, 3.05) is 6.61 Å². The van der Waals surface area contributed by atoms with E-state index in [9.17, 15) is 15.3 Å². The zero-order valence-electron chi connectivity index (χ0n) is 43.5. The number of hydrogen-bond donors (Lipinski definition) is 3. The molecule has 0 bridgehead atoms. The second-order valence-electron chi connectivity index (χ2n) is 25.7. The molecule has 0 aromatic carbocycles. The van der Waals surface area contributed by atoms with E-state index in [0.717, 1.165) is 44.9 Å². The molecule has 3 N–H and O–H groups in total. The van der Waals surface area contributed by atoms with Crippen LogP contribution in [0.1, 0.15) is 165 Å². The Morgan fingerprint density at radius 2 is 1.30 bits per heavy atom. The summed E-state index contributed by atoms with van der Waals surface area (Å²) in [5.74, 6) is 0.619. The molecule has 0 aromatic rings. The lowest BCUT2D eigenvalue weighted by Crippen LogP contribution is -2.71. The third-order valence-electron chi connectivity index (χ3n) is 20.3. The van der Waals surface area contributed by atoms with Crippen molar-refractivity contribution in [3.8, 4) is 0 Å². The summed E-state index contributed by atoms with van der Waals surface area (Å²) < 4.78 is 76.8. The Labute approximate surface area is 417 Å². The maximum Gasteiger partial charge on any atom is 0.118 e. The summed E-state index contributed by atoms with van der Waals surface area (Å²) in [5.41, 5.74) is -3.80. The van der Waals surface area contributed by atoms with Crippen molar-refractivity contribution >= 4 is 0 Å². The van der Waals surface area contributed by atoms with Gasteiger partial charge < -0.3 is 67.4 Å². The molecule has 14 nitrogen and oxygen atoms in total. The average molecular weight is 985 g/mol. The lowest BCUT2D eigenvalue weighted by molar-refractivity contribution is -0.363. The van der Waals surface area contributed by atoms with Gasteiger partial charge in [-0.15, -0.1) is 6.58 Å². The molecule has 26 atom stereocenters. The van der Waals surface area contributed by atoms with Crippen LogP contribution in [0.2, 0.25) is 0 Å². The van der Waals surface area contributed by atoms with E-state index in [2.05, 4.69) is 67.2 Å². The third kappa shape index (κ3) is 9.08. The van der Waals surface area contributed by atoms with E-state index in [-0.39, 0.29) is 91.4 Å². The second kappa shape index (κ2) is 18.9. The van der Waals surface area contributed by atoms with E-state index in [0.29, 0.717) is 76.7 Å². The molecule has 11 aliphatic heterocycles. The van der Waals surface area contributed by atoms with Crippen LogP contribution in [0, 0.1) is 11.8 Å². The molecule has 13 unspecified atom stereocenters. The summed E-state index contributed by atoms with van der Waals surface area (Å²) in [6.45, 7) is 21.8. The van der Waals surface area contributed by atoms with Gasteiger partial charge >= 0.3 is 0 Å². The first-order valence-electron chi connectivity index (χ1n) is 27.8. The van der Waals surface area contributed by atoms with E-state index in [1.54, 1.807) is 0 Å². The van der Waals surface area contributed by atoms with E-state index in [1.165, 1.54) is 0 Å². The zero-order valence-corrected chi connectivity index (χ0v) is 43.5. The quantitative estimate of drug-likeness (QED) is 0.211. The lowest BCUT2D eigenvalue weighted by atomic mass is 9.71. The maximum absolute atomic E-state index is 11.6. The van der Waals surface area contributed by atoms with Crippen LogP contribution in [0.3, 0.4) is 0 Å². The summed E-state index contributed by atoms with van der Waals surface area (Å²) in [5, 5.41) is 34.0. The highest BCUT2D eigenvalue weighted by molar-refractivity contribution is 5.16. The van der Waals surface area contributed by atoms with Crippen LogP contribution in [0.5, 0.6) is 0 Å². The molecular weight excluding hydrogens is 897 g/mol. The smallest absolute Gasteiger partial charge is 0.118 e. The monoisotopic (exact) mass is 985 g/mol. The molecule has 0 aliphatic carbocycles. The van der Waals surface area contributed by atoms with Gasteiger partial charge in [-0.2, -0.15) is 0 Å². The van der Waals surface area contributed by atoms with E-state index in [1.807, 2.05) is 13.0 Å². The Morgan fingerprint density at radius 3 is 2.09 bits per heavy atom. The lowest BCUT2D eigenvalue weighted by Gasteiger charge is -2.60. The van der Waals surface area contributed by atoms with Gasteiger partial charge in [0, 0.05) is 51.6 Å². The highest BCUT2D eigenvalue weighted by Gasteiger charge is 2.66. The summed E-state index contributed by atoms with van der Waals surface area (Å²) >= 11 is 0. The summed E-state index contributed by atoms with van der Waals surface area (Å²) in [6.07, 6.45) is 13.2. The van der Waals surface area contributed by atoms with Gasteiger partial charge in [-0.25, -0.2) is 0 Å². The molecule has 11 aliphatic rings. The number of hydrogen-bond acceptors (Lipinski definition) is 14. The second-order valence-corrected chi connectivity index (χ2v) is 25.7. The Balaban J connectivity index is 0.738. The standard InChI is InChI=1S/C56H88O14/c1-10-14-31(2)32(3)23-33(57)50(59)37-19-18-35-38(62-37)24-39-42(61-35)28-53(6)45(65-39)25-40-36(67-53)16-13-15-34-41(63-40)29-54(7)47(64-34)27-46-52(5,69-54)21-20-51(4)49(66-46)30-55(8)48(68-51)26-43(58)56(9,70-55)44-17-11-12-22-60-44/h10,13,16,31-50,57-59H,1,11-12,14-15,17-30H2,2-9H3/b16-13-/t31-,32?,33+,34?,35?,36?,37-,38-,39+,40+,41-,42?,43?,44?,45-,46?,47?,48-,49?,50-,51+,52-,53?,54+,55?,56?/m0/s1. The van der Waals surface area contributed by atoms with Gasteiger partial charge in [0.1, 0.15) is 17.8 Å². The van der Waals surface area contributed by atoms with E-state index < -0.39 is 58.0 Å². The first kappa shape index (κ1) is 51.0. The minimum absolute atomic E-state index is 0.0908. The molecule has 396 valence electrons. The summed E-state index contributed by atoms with van der Waals surface area (Å²) in [6, 6.07) is 0. The molecule has 0 radical (unpaired) electrons. The molecule has 14 heteroatoms. The van der Waals surface area contributed by atoms with Gasteiger partial charge in [0.05, 0.1) is 126 Å². The third-order valence-corrected chi connectivity index (χ3v) is 20.3. The highest BCUT2D eigenvalue weighted by Crippen LogP contribution is 2.56. The van der Waals surface area contributed by atoms with Crippen molar-refractivity contribution in [1.29, 1.82) is 0 Å². The molecule has 11 rings (SSSR count). The van der Waals surface area contributed by atoms with Gasteiger partial charge in [-0.3, -0.25) is 0 Å². The molecule has 11 heterocycles.